The number of aromatic nitrogens is 2. The molecule has 14 nitrogen and oxygen atoms in total. The number of nitrogens with two attached hydrogens (primary N) is 3. The van der Waals surface area contributed by atoms with Crippen LogP contribution in [0.15, 0.2) is 167 Å². The summed E-state index contributed by atoms with van der Waals surface area (Å²) < 4.78 is 124. The van der Waals surface area contributed by atoms with E-state index in [2.05, 4.69) is 9.97 Å². The number of piperidine rings is 2. The molecule has 2 saturated carbocycles. The third-order valence-electron chi connectivity index (χ3n) is 17.9. The van der Waals surface area contributed by atoms with Crippen molar-refractivity contribution in [1.29, 1.82) is 0 Å². The summed E-state index contributed by atoms with van der Waals surface area (Å²) in [5.41, 5.74) is 24.2. The van der Waals surface area contributed by atoms with E-state index in [1.807, 2.05) is 18.2 Å². The molecule has 0 bridgehead atoms. The molecule has 2 saturated heterocycles. The third kappa shape index (κ3) is 19.8. The Morgan fingerprint density at radius 2 is 0.909 bits per heavy atom. The van der Waals surface area contributed by atoms with Gasteiger partial charge in [0.05, 0.1) is 12.5 Å². The number of carboxylic acids is 1. The van der Waals surface area contributed by atoms with Crippen LogP contribution in [0.4, 0.5) is 46.8 Å². The monoisotopic (exact) mass is 1460 g/mol. The van der Waals surface area contributed by atoms with E-state index in [0.29, 0.717) is 91.3 Å². The van der Waals surface area contributed by atoms with Gasteiger partial charge in [0.25, 0.3) is 23.7 Å². The quantitative estimate of drug-likeness (QED) is 0.0589. The van der Waals surface area contributed by atoms with Gasteiger partial charge in [0.2, 0.25) is 0 Å². The fourth-order valence-corrected chi connectivity index (χ4v) is 12.3. The number of benzene rings is 6. The van der Waals surface area contributed by atoms with Gasteiger partial charge in [-0.15, -0.1) is 0 Å². The minimum absolute atomic E-state index is 0.0696. The Labute approximate surface area is 655 Å². The van der Waals surface area contributed by atoms with E-state index in [4.69, 9.17) is 31.1 Å². The Kier molecular flexibility index (Phi) is 27.5. The summed E-state index contributed by atoms with van der Waals surface area (Å²) in [4.78, 5) is 60.0. The Balaban J connectivity index is 0.000000178. The number of aliphatic carboxylic acids is 1. The van der Waals surface area contributed by atoms with Crippen molar-refractivity contribution in [3.63, 3.8) is 0 Å². The summed E-state index contributed by atoms with van der Waals surface area (Å²) in [7, 11) is 0. The maximum atomic E-state index is 15.6. The molecule has 4 aromatic heterocycles. The second kappa shape index (κ2) is 34.9. The first-order valence-electron chi connectivity index (χ1n) is 32.9. The van der Waals surface area contributed by atoms with Crippen LogP contribution < -0.4 is 17.2 Å². The maximum absolute atomic E-state index is 15.6. The Hall–Kier alpha value is -3.67. The van der Waals surface area contributed by atoms with Crippen molar-refractivity contribution in [2.45, 2.75) is 81.6 Å². The number of carbonyl (C=O) groups excluding carboxylic acids is 3. The van der Waals surface area contributed by atoms with Gasteiger partial charge in [-0.25, -0.2) is 45.1 Å². The standard InChI is InChI=1S/C37H31F4N3O3.C27H22F4N2O2.C9H10N2O2.4K/c38-26-5-1-21(2-6-26)30-17-24(28-8-3-22(18-32(28)39)36(46)44-13-11-37(40,41)12-14-44)15-25-16-27(47-35(25)30)7-9-33(45)31-19-29(31)23-4-10-34(42)43-20-23;28-20-4-1-16(2-5-20)23-13-18(11-19-12-21(15-32)35-25(19)23)22-6-3-17(14-24(22)29)26(34)33-9-7-27(30,31)8-10-33;10-8-2-1-5(4-11-8)6-3-7(6)9(12)13;;;;/h1-6,8,10,15-18,20,29,31H,7,9,11-14,19H2,(H2,42,43);1-6,11-14H,7-10,15,32H2;1-2,4,6-7H,3H2,(H2,10,11)(H,12,13);;;;. The van der Waals surface area contributed by atoms with E-state index in [9.17, 15) is 45.5 Å². The molecule has 26 heteroatoms. The molecule has 4 aliphatic rings. The van der Waals surface area contributed by atoms with Crippen LogP contribution in [-0.2, 0) is 22.6 Å². The normalized spacial score (nSPS) is 17.9. The number of hydrogen-bond donors (Lipinski definition) is 4. The van der Waals surface area contributed by atoms with Crippen molar-refractivity contribution in [2.75, 3.05) is 37.6 Å². The zero-order chi connectivity index (χ0) is 71.0. The summed E-state index contributed by atoms with van der Waals surface area (Å²) in [6, 6.07) is 37.8. The van der Waals surface area contributed by atoms with Gasteiger partial charge in [0, 0.05) is 127 Å². The average molecular weight is 1460 g/mol. The van der Waals surface area contributed by atoms with Crippen LogP contribution in [-0.4, -0.2) is 213 Å². The molecule has 0 spiro atoms. The van der Waals surface area contributed by atoms with Crippen molar-refractivity contribution in [3.8, 4) is 44.5 Å². The first kappa shape index (κ1) is 77.9. The predicted octanol–water partition coefficient (Wildman–Crippen LogP) is 13.9. The number of anilines is 2. The number of likely N-dealkylation sites (tertiary alicyclic amines) is 2. The van der Waals surface area contributed by atoms with Crippen LogP contribution >= 0.6 is 0 Å². The molecule has 4 unspecified atom stereocenters. The van der Waals surface area contributed by atoms with E-state index < -0.39 is 72.8 Å². The Morgan fingerprint density at radius 3 is 1.29 bits per heavy atom. The number of pyridine rings is 2. The number of amides is 2. The number of furan rings is 2. The summed E-state index contributed by atoms with van der Waals surface area (Å²) in [6.07, 6.45) is 3.89. The third-order valence-corrected chi connectivity index (χ3v) is 17.9. The fraction of sp³-hybridized carbons (Fsp3) is 0.260. The minimum atomic E-state index is -2.80. The molecule has 4 atom stereocenters. The van der Waals surface area contributed by atoms with Crippen molar-refractivity contribution in [2.24, 2.45) is 17.6 Å². The van der Waals surface area contributed by atoms with E-state index in [1.165, 1.54) is 185 Å². The van der Waals surface area contributed by atoms with E-state index >= 15 is 8.78 Å². The number of aryl methyl sites for hydroxylation is 1. The molecule has 4 fully saturated rings. The number of Topliss-reactive ketones (excluding diaryl/α,β-unsaturated/α-hetero) is 1. The number of nitrogens with zero attached hydrogens (tertiary/aromatic N) is 4. The number of carbonyl (C=O) groups is 4. The number of carboxylic acid groups (broad SMARTS) is 1. The number of rotatable bonds is 14. The van der Waals surface area contributed by atoms with Crippen LogP contribution in [0.3, 0.4) is 0 Å². The van der Waals surface area contributed by atoms with Gasteiger partial charge in [-0.05, 0) is 155 Å². The van der Waals surface area contributed by atoms with Crippen LogP contribution in [0.25, 0.3) is 66.4 Å². The summed E-state index contributed by atoms with van der Waals surface area (Å²) in [5.74, 6) is -7.14. The van der Waals surface area contributed by atoms with Gasteiger partial charge in [0.1, 0.15) is 63.4 Å². The number of halogens is 8. The van der Waals surface area contributed by atoms with Crippen LogP contribution in [0, 0.1) is 35.1 Å². The zero-order valence-corrected chi connectivity index (χ0v) is 67.4. The molecule has 2 aliphatic carbocycles. The van der Waals surface area contributed by atoms with Gasteiger partial charge in [-0.3, -0.25) is 19.2 Å². The second-order valence-corrected chi connectivity index (χ2v) is 24.4. The Bertz CT molecular complexity index is 4550. The predicted molar refractivity (Wildman–Crippen MR) is 365 cm³/mol. The van der Waals surface area contributed by atoms with Crippen molar-refractivity contribution >= 4 is 183 Å². The van der Waals surface area contributed by atoms with Crippen molar-refractivity contribution in [3.05, 3.63) is 215 Å². The van der Waals surface area contributed by atoms with Crippen LogP contribution in [0.5, 0.6) is 0 Å². The molecule has 6 heterocycles. The van der Waals surface area contributed by atoms with Gasteiger partial charge in [-0.1, -0.05) is 48.5 Å². The van der Waals surface area contributed by atoms with Gasteiger partial charge < -0.3 is 40.9 Å². The summed E-state index contributed by atoms with van der Waals surface area (Å²) >= 11 is 5.00. The summed E-state index contributed by atoms with van der Waals surface area (Å²) in [5, 5.41) is 10.1. The molecule has 6 aromatic carbocycles. The number of alkyl halides is 4. The second-order valence-electron chi connectivity index (χ2n) is 24.4. The van der Waals surface area contributed by atoms with E-state index in [0.717, 1.165) is 36.1 Å². The number of nitrogen functional groups attached to an aromatic ring is 2. The molecule has 2 aliphatic heterocycles. The molecule has 14 rings (SSSR count). The molecule has 99 heavy (non-hydrogen) atoms. The van der Waals surface area contributed by atoms with Crippen LogP contribution in [0.2, 0.25) is 0 Å². The number of ketones is 1. The van der Waals surface area contributed by atoms with Crippen LogP contribution in [0.1, 0.15) is 100 Å². The van der Waals surface area contributed by atoms with E-state index in [1.54, 1.807) is 79.1 Å². The molecule has 10 aromatic rings. The zero-order valence-electron chi connectivity index (χ0n) is 55.0. The molecule has 7 N–H and O–H groups in total. The SMILES string of the molecule is NCc1cc2cc(-c3ccc(C(=O)N4CCC(F)(F)CC4)cc3F)cc(-c3ccc(F)cc3)c2o1.Nc1ccc(C2CC2C(=O)CCc2cc3cc(-c4ccc(C(=O)N5CCC(F)(F)CC5)cc4F)cc(-c4ccc(F)cc4)c3o2)cn1.Nc1ccc(C2CC2C(=O)O)cn1.[K][K].[K][K]. The first-order chi connectivity index (χ1) is 47.5. The first-order valence-corrected chi connectivity index (χ1v) is 64.9. The summed E-state index contributed by atoms with van der Waals surface area (Å²) in [6.45, 7) is -0.153. The topological polar surface area (TPSA) is 225 Å². The molecular formula is C73H63F8K4N7O7. The molecular weight excluding hydrogens is 1400 g/mol. The van der Waals surface area contributed by atoms with E-state index in [-0.39, 0.29) is 90.2 Å². The molecule has 492 valence electrons. The van der Waals surface area contributed by atoms with Gasteiger partial charge >= 0.3 is 132 Å². The Morgan fingerprint density at radius 1 is 0.505 bits per heavy atom. The number of fused-ring (bicyclic) bond motifs is 2. The van der Waals surface area contributed by atoms with Crippen molar-refractivity contribution < 1.29 is 68.2 Å². The fourth-order valence-electron chi connectivity index (χ4n) is 12.3. The average Bonchev–Trinajstić information content (AvgIpc) is 1.17. The number of hydrogen-bond acceptors (Lipinski definition) is 11. The molecule has 2 amide bonds. The van der Waals surface area contributed by atoms with Gasteiger partial charge in [0.15, 0.2) is 0 Å². The van der Waals surface area contributed by atoms with Gasteiger partial charge in [-0.2, -0.15) is 0 Å². The molecule has 0 radical (unpaired) electrons. The van der Waals surface area contributed by atoms with Crippen molar-refractivity contribution in [1.82, 2.24) is 19.8 Å².